The Labute approximate surface area is 179 Å². The van der Waals surface area contributed by atoms with Crippen molar-refractivity contribution in [3.63, 3.8) is 0 Å². The molecule has 7 heteroatoms. The van der Waals surface area contributed by atoms with Crippen molar-refractivity contribution in [3.05, 3.63) is 71.2 Å². The number of hydrogen-bond donors (Lipinski definition) is 2. The Hall–Kier alpha value is -2.67. The molecule has 29 heavy (non-hydrogen) atoms. The summed E-state index contributed by atoms with van der Waals surface area (Å²) in [6.45, 7) is 3.26. The van der Waals surface area contributed by atoms with E-state index in [1.165, 1.54) is 0 Å². The first kappa shape index (κ1) is 19.6. The van der Waals surface area contributed by atoms with E-state index >= 15 is 0 Å². The van der Waals surface area contributed by atoms with Crippen molar-refractivity contribution in [2.75, 3.05) is 36.5 Å². The summed E-state index contributed by atoms with van der Waals surface area (Å²) in [5.74, 6) is -0.277. The van der Waals surface area contributed by atoms with Gasteiger partial charge in [0.25, 0.3) is 5.91 Å². The van der Waals surface area contributed by atoms with E-state index in [2.05, 4.69) is 15.5 Å². The number of morpholine rings is 1. The highest BCUT2D eigenvalue weighted by Crippen LogP contribution is 2.26. The summed E-state index contributed by atoms with van der Waals surface area (Å²) in [5.41, 5.74) is 2.48. The van der Waals surface area contributed by atoms with Crippen molar-refractivity contribution in [3.8, 4) is 0 Å². The Morgan fingerprint density at radius 2 is 1.66 bits per heavy atom. The number of nitrogens with one attached hydrogen (secondary N) is 2. The van der Waals surface area contributed by atoms with Crippen LogP contribution in [0.5, 0.6) is 0 Å². The lowest BCUT2D eigenvalue weighted by Gasteiger charge is -2.28. The van der Waals surface area contributed by atoms with E-state index in [0.29, 0.717) is 10.6 Å². The molecule has 2 N–H and O–H groups in total. The molecular formula is C22H20ClN3O2S. The van der Waals surface area contributed by atoms with Crippen LogP contribution in [0, 0.1) is 0 Å². The molecule has 3 aromatic rings. The van der Waals surface area contributed by atoms with Crippen molar-refractivity contribution in [1.29, 1.82) is 0 Å². The zero-order valence-corrected chi connectivity index (χ0v) is 17.2. The minimum Gasteiger partial charge on any atom is -0.378 e. The molecule has 1 saturated heterocycles. The average Bonchev–Trinajstić information content (AvgIpc) is 2.75. The SMILES string of the molecule is O=C(NC(=S)Nc1ccc(N2CCOCC2)cc1)c1cccc2c(Cl)cccc12. The number of amides is 1. The van der Waals surface area contributed by atoms with E-state index in [1.807, 2.05) is 48.5 Å². The van der Waals surface area contributed by atoms with Gasteiger partial charge in [0.15, 0.2) is 5.11 Å². The van der Waals surface area contributed by atoms with Crippen molar-refractivity contribution in [1.82, 2.24) is 5.32 Å². The van der Waals surface area contributed by atoms with Crippen molar-refractivity contribution < 1.29 is 9.53 Å². The Balaban J connectivity index is 1.42. The second kappa shape index (κ2) is 8.78. The predicted octanol–water partition coefficient (Wildman–Crippen LogP) is 4.46. The van der Waals surface area contributed by atoms with Crippen LogP contribution in [0.15, 0.2) is 60.7 Å². The first-order valence-corrected chi connectivity index (χ1v) is 10.1. The molecule has 4 rings (SSSR count). The largest absolute Gasteiger partial charge is 0.378 e. The first-order valence-electron chi connectivity index (χ1n) is 9.34. The van der Waals surface area contributed by atoms with Gasteiger partial charge in [0.2, 0.25) is 0 Å². The highest BCUT2D eigenvalue weighted by Gasteiger charge is 2.13. The van der Waals surface area contributed by atoms with Crippen LogP contribution in [0.2, 0.25) is 5.02 Å². The first-order chi connectivity index (χ1) is 14.1. The van der Waals surface area contributed by atoms with Crippen LogP contribution in [0.3, 0.4) is 0 Å². The average molecular weight is 426 g/mol. The minimum absolute atomic E-state index is 0.244. The Morgan fingerprint density at radius 3 is 2.41 bits per heavy atom. The Kier molecular flexibility index (Phi) is 5.94. The van der Waals surface area contributed by atoms with Crippen LogP contribution >= 0.6 is 23.8 Å². The molecule has 1 fully saturated rings. The molecule has 5 nitrogen and oxygen atoms in total. The predicted molar refractivity (Wildman–Crippen MR) is 122 cm³/mol. The maximum absolute atomic E-state index is 12.7. The number of fused-ring (bicyclic) bond motifs is 1. The van der Waals surface area contributed by atoms with E-state index in [4.69, 9.17) is 28.6 Å². The van der Waals surface area contributed by atoms with Crippen molar-refractivity contribution in [2.24, 2.45) is 0 Å². The summed E-state index contributed by atoms with van der Waals surface area (Å²) in [4.78, 5) is 15.0. The lowest BCUT2D eigenvalue weighted by molar-refractivity contribution is 0.0979. The van der Waals surface area contributed by atoms with Gasteiger partial charge in [0, 0.05) is 40.4 Å². The van der Waals surface area contributed by atoms with Crippen LogP contribution in [0.1, 0.15) is 10.4 Å². The number of carbonyl (C=O) groups is 1. The van der Waals surface area contributed by atoms with Gasteiger partial charge >= 0.3 is 0 Å². The minimum atomic E-state index is -0.277. The molecule has 1 aliphatic rings. The highest BCUT2D eigenvalue weighted by atomic mass is 35.5. The number of rotatable bonds is 3. The number of nitrogens with zero attached hydrogens (tertiary/aromatic N) is 1. The van der Waals surface area contributed by atoms with Crippen LogP contribution in [0.25, 0.3) is 10.8 Å². The number of halogens is 1. The van der Waals surface area contributed by atoms with Crippen LogP contribution in [-0.2, 0) is 4.74 Å². The topological polar surface area (TPSA) is 53.6 Å². The number of ether oxygens (including phenoxy) is 1. The van der Waals surface area contributed by atoms with Gasteiger partial charge in [-0.15, -0.1) is 0 Å². The Morgan fingerprint density at radius 1 is 0.966 bits per heavy atom. The summed E-state index contributed by atoms with van der Waals surface area (Å²) in [6, 6.07) is 18.9. The second-order valence-corrected chi connectivity index (χ2v) is 7.51. The van der Waals surface area contributed by atoms with Gasteiger partial charge in [-0.25, -0.2) is 0 Å². The molecule has 0 saturated carbocycles. The third-order valence-corrected chi connectivity index (χ3v) is 5.38. The molecule has 148 valence electrons. The number of anilines is 2. The van der Waals surface area contributed by atoms with Crippen LogP contribution in [-0.4, -0.2) is 37.3 Å². The zero-order valence-electron chi connectivity index (χ0n) is 15.7. The molecule has 1 heterocycles. The summed E-state index contributed by atoms with van der Waals surface area (Å²) in [6.07, 6.45) is 0. The molecule has 1 amide bonds. The summed E-state index contributed by atoms with van der Waals surface area (Å²) < 4.78 is 5.39. The number of benzene rings is 3. The fourth-order valence-corrected chi connectivity index (χ4v) is 3.83. The van der Waals surface area contributed by atoms with Crippen LogP contribution < -0.4 is 15.5 Å². The van der Waals surface area contributed by atoms with Crippen molar-refractivity contribution >= 4 is 57.0 Å². The second-order valence-electron chi connectivity index (χ2n) is 6.70. The third-order valence-electron chi connectivity index (χ3n) is 4.84. The quantitative estimate of drug-likeness (QED) is 0.607. The lowest BCUT2D eigenvalue weighted by Crippen LogP contribution is -2.36. The van der Waals surface area contributed by atoms with E-state index < -0.39 is 0 Å². The molecular weight excluding hydrogens is 406 g/mol. The molecule has 0 unspecified atom stereocenters. The maximum atomic E-state index is 12.7. The van der Waals surface area contributed by atoms with E-state index in [1.54, 1.807) is 12.1 Å². The van der Waals surface area contributed by atoms with Gasteiger partial charge in [-0.05, 0) is 54.0 Å². The lowest BCUT2D eigenvalue weighted by atomic mass is 10.0. The van der Waals surface area contributed by atoms with E-state index in [-0.39, 0.29) is 11.0 Å². The van der Waals surface area contributed by atoms with Gasteiger partial charge in [-0.3, -0.25) is 10.1 Å². The summed E-state index contributed by atoms with van der Waals surface area (Å²) in [7, 11) is 0. The van der Waals surface area contributed by atoms with Crippen molar-refractivity contribution in [2.45, 2.75) is 0 Å². The standard InChI is InChI=1S/C22H20ClN3O2S/c23-20-6-2-3-17-18(20)4-1-5-19(17)21(27)25-22(29)24-15-7-9-16(10-8-15)26-11-13-28-14-12-26/h1-10H,11-14H2,(H2,24,25,27,29). The summed E-state index contributed by atoms with van der Waals surface area (Å²) in [5, 5.41) is 8.28. The van der Waals surface area contributed by atoms with Gasteiger partial charge < -0.3 is 15.0 Å². The summed E-state index contributed by atoms with van der Waals surface area (Å²) >= 11 is 11.6. The highest BCUT2D eigenvalue weighted by molar-refractivity contribution is 7.80. The number of thiocarbonyl (C=S) groups is 1. The van der Waals surface area contributed by atoms with Gasteiger partial charge in [-0.2, -0.15) is 0 Å². The fourth-order valence-electron chi connectivity index (χ4n) is 3.38. The Bertz CT molecular complexity index is 1050. The van der Waals surface area contributed by atoms with E-state index in [0.717, 1.165) is 48.5 Å². The molecule has 1 aliphatic heterocycles. The number of hydrogen-bond acceptors (Lipinski definition) is 4. The molecule has 0 aromatic heterocycles. The molecule has 0 spiro atoms. The normalized spacial score (nSPS) is 13.9. The van der Waals surface area contributed by atoms with Crippen LogP contribution in [0.4, 0.5) is 11.4 Å². The fraction of sp³-hybridized carbons (Fsp3) is 0.182. The van der Waals surface area contributed by atoms with Gasteiger partial charge in [0.05, 0.1) is 13.2 Å². The third kappa shape index (κ3) is 4.50. The zero-order chi connectivity index (χ0) is 20.2. The maximum Gasteiger partial charge on any atom is 0.258 e. The molecule has 0 atom stereocenters. The van der Waals surface area contributed by atoms with Gasteiger partial charge in [0.1, 0.15) is 0 Å². The molecule has 0 bridgehead atoms. The smallest absolute Gasteiger partial charge is 0.258 e. The van der Waals surface area contributed by atoms with E-state index in [9.17, 15) is 4.79 Å². The molecule has 3 aromatic carbocycles. The molecule has 0 radical (unpaired) electrons. The number of carbonyl (C=O) groups excluding carboxylic acids is 1. The van der Waals surface area contributed by atoms with Gasteiger partial charge in [-0.1, -0.05) is 35.9 Å². The molecule has 0 aliphatic carbocycles. The monoisotopic (exact) mass is 425 g/mol.